The van der Waals surface area contributed by atoms with Gasteiger partial charge in [0.1, 0.15) is 5.30 Å². The van der Waals surface area contributed by atoms with E-state index in [-0.39, 0.29) is 0 Å². The van der Waals surface area contributed by atoms with Crippen molar-refractivity contribution >= 4 is 23.4 Å². The van der Waals surface area contributed by atoms with E-state index in [1.54, 1.807) is 5.29 Å². The molecular formula is C20H23NP-. The van der Waals surface area contributed by atoms with Crippen LogP contribution in [-0.4, -0.2) is 24.3 Å². The van der Waals surface area contributed by atoms with Crippen LogP contribution in [0.1, 0.15) is 13.3 Å². The molecule has 0 saturated heterocycles. The lowest BCUT2D eigenvalue weighted by Crippen LogP contribution is -2.27. The van der Waals surface area contributed by atoms with Crippen LogP contribution in [0.4, 0.5) is 0 Å². The quantitative estimate of drug-likeness (QED) is 0.615. The largest absolute Gasteiger partial charge is 0.361 e. The first-order valence-corrected chi connectivity index (χ1v) is 9.22. The van der Waals surface area contributed by atoms with Gasteiger partial charge in [0.2, 0.25) is 0 Å². The lowest BCUT2D eigenvalue weighted by molar-refractivity contribution is 0.399. The second-order valence-electron chi connectivity index (χ2n) is 5.85. The Bertz CT molecular complexity index is 665. The molecule has 114 valence electrons. The molecule has 0 heterocycles. The van der Waals surface area contributed by atoms with Crippen molar-refractivity contribution in [3.05, 3.63) is 72.8 Å². The Hall–Kier alpha value is -1.69. The standard InChI is InChI=1S/C20H23NP/c1-4-18-19(21(2)3)14-15-20(18)22(17-12-8-9-13-17)16-10-6-5-7-11-16/h5-15,18H,4H2,1-3H3/q-1. The van der Waals surface area contributed by atoms with Crippen LogP contribution < -0.4 is 10.6 Å². The third-order valence-electron chi connectivity index (χ3n) is 4.24. The average molecular weight is 308 g/mol. The lowest BCUT2D eigenvalue weighted by atomic mass is 9.99. The van der Waals surface area contributed by atoms with Crippen molar-refractivity contribution in [1.82, 2.24) is 4.90 Å². The van der Waals surface area contributed by atoms with Gasteiger partial charge < -0.3 is 4.90 Å². The van der Waals surface area contributed by atoms with E-state index in [0.717, 1.165) is 6.42 Å². The van der Waals surface area contributed by atoms with Crippen molar-refractivity contribution in [3.8, 4) is 0 Å². The van der Waals surface area contributed by atoms with E-state index in [0.29, 0.717) is 5.92 Å². The Morgan fingerprint density at radius 3 is 2.32 bits per heavy atom. The Balaban J connectivity index is 2.15. The molecule has 0 N–H and O–H groups in total. The number of likely N-dealkylation sites (N-methyl/N-ethyl adjacent to an activating group) is 1. The van der Waals surface area contributed by atoms with Gasteiger partial charge in [0, 0.05) is 10.6 Å². The maximum absolute atomic E-state index is 2.37. The van der Waals surface area contributed by atoms with Crippen LogP contribution in [0.25, 0.3) is 0 Å². The molecule has 2 aromatic rings. The fourth-order valence-electron chi connectivity index (χ4n) is 3.20. The molecule has 22 heavy (non-hydrogen) atoms. The van der Waals surface area contributed by atoms with Crippen molar-refractivity contribution in [1.29, 1.82) is 0 Å². The smallest absolute Gasteiger partial charge is 0.140 e. The molecule has 0 amide bonds. The maximum atomic E-state index is 2.37. The highest BCUT2D eigenvalue weighted by molar-refractivity contribution is 7.73. The molecule has 1 aliphatic carbocycles. The Morgan fingerprint density at radius 2 is 1.73 bits per heavy atom. The van der Waals surface area contributed by atoms with Crippen molar-refractivity contribution < 1.29 is 0 Å². The molecule has 0 aromatic heterocycles. The van der Waals surface area contributed by atoms with E-state index < -0.39 is 7.55 Å². The van der Waals surface area contributed by atoms with Gasteiger partial charge in [-0.25, -0.2) is 18.2 Å². The van der Waals surface area contributed by atoms with E-state index in [9.17, 15) is 0 Å². The molecule has 3 rings (SSSR count). The molecule has 2 heteroatoms. The summed E-state index contributed by atoms with van der Waals surface area (Å²) in [6.07, 6.45) is 5.84. The number of hydrogen-bond donors (Lipinski definition) is 0. The fourth-order valence-corrected chi connectivity index (χ4v) is 5.89. The van der Waals surface area contributed by atoms with Gasteiger partial charge in [-0.2, -0.15) is 6.08 Å². The van der Waals surface area contributed by atoms with Gasteiger partial charge in [0.15, 0.2) is 0 Å². The second-order valence-corrected chi connectivity index (χ2v) is 8.07. The highest BCUT2D eigenvalue weighted by atomic mass is 31.1. The predicted molar refractivity (Wildman–Crippen MR) is 99.5 cm³/mol. The first-order chi connectivity index (χ1) is 10.7. The number of allylic oxidation sites excluding steroid dienone is 1. The lowest BCUT2D eigenvalue weighted by Gasteiger charge is -2.33. The molecule has 0 spiro atoms. The third-order valence-corrected chi connectivity index (χ3v) is 6.85. The first-order valence-electron chi connectivity index (χ1n) is 7.88. The minimum absolute atomic E-state index is 0.429. The zero-order valence-electron chi connectivity index (χ0n) is 13.5. The van der Waals surface area contributed by atoms with Crippen LogP contribution in [0.3, 0.4) is 0 Å². The number of hydrogen-bond acceptors (Lipinski definition) is 1. The van der Waals surface area contributed by atoms with E-state index in [2.05, 4.69) is 92.7 Å². The molecule has 2 unspecified atom stereocenters. The second kappa shape index (κ2) is 6.60. The topological polar surface area (TPSA) is 3.24 Å². The van der Waals surface area contributed by atoms with E-state index in [4.69, 9.17) is 0 Å². The normalized spacial score (nSPS) is 20.0. The van der Waals surface area contributed by atoms with Gasteiger partial charge in [-0.3, -0.25) is 0 Å². The summed E-state index contributed by atoms with van der Waals surface area (Å²) in [7, 11) is 3.87. The van der Waals surface area contributed by atoms with Gasteiger partial charge in [-0.1, -0.05) is 31.5 Å². The molecule has 1 nitrogen and oxygen atoms in total. The zero-order valence-corrected chi connectivity index (χ0v) is 14.4. The molecule has 0 radical (unpaired) electrons. The predicted octanol–water partition coefficient (Wildman–Crippen LogP) is 3.70. The van der Waals surface area contributed by atoms with Gasteiger partial charge in [0.05, 0.1) is 7.55 Å². The Labute approximate surface area is 135 Å². The molecule has 0 aliphatic heterocycles. The maximum Gasteiger partial charge on any atom is 0.140 e. The van der Waals surface area contributed by atoms with Crippen LogP contribution in [0.15, 0.2) is 66.7 Å². The minimum atomic E-state index is -0.429. The summed E-state index contributed by atoms with van der Waals surface area (Å²) in [4.78, 5) is 2.27. The van der Waals surface area contributed by atoms with Crippen LogP contribution in [0.2, 0.25) is 0 Å². The third kappa shape index (κ3) is 2.79. The average Bonchev–Trinajstić information content (AvgIpc) is 3.18. The summed E-state index contributed by atoms with van der Waals surface area (Å²) in [5.74, 6) is 0.538. The first kappa shape index (κ1) is 15.2. The molecule has 0 fully saturated rings. The van der Waals surface area contributed by atoms with E-state index in [1.807, 2.05) is 0 Å². The summed E-state index contributed by atoms with van der Waals surface area (Å²) >= 11 is 0. The Kier molecular flexibility index (Phi) is 4.57. The summed E-state index contributed by atoms with van der Waals surface area (Å²) < 4.78 is 0. The molecule has 0 bridgehead atoms. The number of benzene rings is 1. The van der Waals surface area contributed by atoms with Crippen LogP contribution in [0, 0.1) is 12.0 Å². The van der Waals surface area contributed by atoms with E-state index >= 15 is 0 Å². The van der Waals surface area contributed by atoms with Gasteiger partial charge in [0.25, 0.3) is 0 Å². The van der Waals surface area contributed by atoms with Crippen LogP contribution in [-0.2, 0) is 0 Å². The van der Waals surface area contributed by atoms with Gasteiger partial charge >= 0.3 is 0 Å². The van der Waals surface area contributed by atoms with Crippen molar-refractivity contribution in [2.24, 2.45) is 5.92 Å². The van der Waals surface area contributed by atoms with Gasteiger partial charge in [-0.05, 0) is 32.1 Å². The SMILES string of the molecule is CCC1C(=[P+](c2ccccc2)[c-]2cccc2)C=C[C-]1N(C)C. The fraction of sp³-hybridized carbons (Fsp3) is 0.250. The summed E-state index contributed by atoms with van der Waals surface area (Å²) in [5, 5.41) is 4.49. The monoisotopic (exact) mass is 308 g/mol. The highest BCUT2D eigenvalue weighted by Gasteiger charge is 2.27. The van der Waals surface area contributed by atoms with Crippen molar-refractivity contribution in [2.75, 3.05) is 14.1 Å². The van der Waals surface area contributed by atoms with Crippen LogP contribution >= 0.6 is 7.55 Å². The summed E-state index contributed by atoms with van der Waals surface area (Å²) in [5.41, 5.74) is 0. The summed E-state index contributed by atoms with van der Waals surface area (Å²) in [6, 6.07) is 21.3. The van der Waals surface area contributed by atoms with E-state index in [1.165, 1.54) is 16.7 Å². The van der Waals surface area contributed by atoms with Crippen LogP contribution in [0.5, 0.6) is 0 Å². The number of nitrogens with zero attached hydrogens (tertiary/aromatic N) is 1. The summed E-state index contributed by atoms with van der Waals surface area (Å²) in [6.45, 7) is 2.30. The molecule has 2 aromatic carbocycles. The van der Waals surface area contributed by atoms with Gasteiger partial charge in [-0.15, -0.1) is 18.2 Å². The molecule has 2 atom stereocenters. The highest BCUT2D eigenvalue weighted by Crippen LogP contribution is 2.38. The molecular weight excluding hydrogens is 285 g/mol. The van der Waals surface area contributed by atoms with Crippen molar-refractivity contribution in [2.45, 2.75) is 13.3 Å². The number of rotatable bonds is 4. The molecule has 0 saturated carbocycles. The van der Waals surface area contributed by atoms with Crippen molar-refractivity contribution in [3.63, 3.8) is 0 Å². The minimum Gasteiger partial charge on any atom is -0.361 e. The zero-order chi connectivity index (χ0) is 15.5. The molecule has 1 aliphatic rings. The Morgan fingerprint density at radius 1 is 1.05 bits per heavy atom.